The molecule has 0 spiro atoms. The van der Waals surface area contributed by atoms with E-state index in [4.69, 9.17) is 4.74 Å². The van der Waals surface area contributed by atoms with Gasteiger partial charge in [-0.3, -0.25) is 0 Å². The van der Waals surface area contributed by atoms with E-state index in [0.29, 0.717) is 11.8 Å². The molecule has 0 saturated heterocycles. The molecule has 1 unspecified atom stereocenters. The molecule has 1 aliphatic rings. The first kappa shape index (κ1) is 15.0. The van der Waals surface area contributed by atoms with Gasteiger partial charge < -0.3 is 35.1 Å². The Labute approximate surface area is 130 Å². The minimum Gasteiger partial charge on any atom is -0.508 e. The maximum Gasteiger partial charge on any atom is 0.157 e. The Hall–Kier alpha value is -2.93. The first-order chi connectivity index (χ1) is 10.9. The maximum absolute atomic E-state index is 11.4. The number of carbonyl (C=O) groups excluding carboxylic acids is 1. The number of hydrogen-bond donors (Lipinski definition) is 5. The van der Waals surface area contributed by atoms with Crippen molar-refractivity contribution in [2.24, 2.45) is 0 Å². The molecule has 0 fully saturated rings. The lowest BCUT2D eigenvalue weighted by atomic mass is 9.85. The zero-order chi connectivity index (χ0) is 16.7. The summed E-state index contributed by atoms with van der Waals surface area (Å²) in [5, 5.41) is 48.8. The van der Waals surface area contributed by atoms with Crippen LogP contribution in [0.5, 0.6) is 28.7 Å². The topological polar surface area (TPSA) is 127 Å². The number of phenolic OH excluding ortho intramolecular Hbond substituents is 4. The zero-order valence-electron chi connectivity index (χ0n) is 11.7. The zero-order valence-corrected chi connectivity index (χ0v) is 11.7. The third-order valence-corrected chi connectivity index (χ3v) is 3.84. The summed E-state index contributed by atoms with van der Waals surface area (Å²) < 4.78 is 5.60. The van der Waals surface area contributed by atoms with Gasteiger partial charge >= 0.3 is 0 Å². The average molecular weight is 318 g/mol. The second-order valence-electron chi connectivity index (χ2n) is 5.32. The number of aromatic hydroxyl groups is 4. The minimum atomic E-state index is -1.32. The van der Waals surface area contributed by atoms with Crippen molar-refractivity contribution in [2.75, 3.05) is 0 Å². The maximum atomic E-state index is 11.4. The summed E-state index contributed by atoms with van der Waals surface area (Å²) >= 11 is 0. The predicted octanol–water partition coefficient (Wildman–Crippen LogP) is 1.29. The molecule has 0 aromatic heterocycles. The monoisotopic (exact) mass is 318 g/mol. The van der Waals surface area contributed by atoms with Crippen LogP contribution < -0.4 is 4.74 Å². The highest BCUT2D eigenvalue weighted by Gasteiger charge is 2.40. The third-order valence-electron chi connectivity index (χ3n) is 3.84. The number of benzene rings is 2. The van der Waals surface area contributed by atoms with Gasteiger partial charge in [-0.25, -0.2) is 0 Å². The van der Waals surface area contributed by atoms with Crippen molar-refractivity contribution < 1.29 is 35.1 Å². The van der Waals surface area contributed by atoms with Gasteiger partial charge in [-0.2, -0.15) is 0 Å². The first-order valence-corrected chi connectivity index (χ1v) is 6.80. The van der Waals surface area contributed by atoms with E-state index < -0.39 is 23.9 Å². The number of carbonyl (C=O) groups is 1. The van der Waals surface area contributed by atoms with Crippen LogP contribution >= 0.6 is 0 Å². The molecule has 0 radical (unpaired) electrons. The standard InChI is InChI=1S/C16H14O7/c17-6-9-14-12(21)4-8(18)5-13(14)23-16(15(9)22)7-1-2-10(19)11(20)3-7/h1-6,9,15-16,18-22H/t9?,15-,16+/m0/s1. The lowest BCUT2D eigenvalue weighted by Gasteiger charge is -2.35. The van der Waals surface area contributed by atoms with Crippen LogP contribution in [0.2, 0.25) is 0 Å². The van der Waals surface area contributed by atoms with Crippen molar-refractivity contribution in [1.82, 2.24) is 0 Å². The highest BCUT2D eigenvalue weighted by atomic mass is 16.5. The fraction of sp³-hybridized carbons (Fsp3) is 0.188. The van der Waals surface area contributed by atoms with Crippen LogP contribution in [0.25, 0.3) is 0 Å². The summed E-state index contributed by atoms with van der Waals surface area (Å²) in [7, 11) is 0. The largest absolute Gasteiger partial charge is 0.508 e. The van der Waals surface area contributed by atoms with Gasteiger partial charge in [0, 0.05) is 17.7 Å². The van der Waals surface area contributed by atoms with Gasteiger partial charge in [0.15, 0.2) is 17.6 Å². The van der Waals surface area contributed by atoms with Crippen molar-refractivity contribution >= 4 is 6.29 Å². The van der Waals surface area contributed by atoms with E-state index in [-0.39, 0.29) is 28.6 Å². The van der Waals surface area contributed by atoms with Crippen LogP contribution in [0, 0.1) is 0 Å². The van der Waals surface area contributed by atoms with E-state index in [0.717, 1.165) is 6.07 Å². The molecule has 0 saturated carbocycles. The molecular formula is C16H14O7. The molecule has 0 amide bonds. The Morgan fingerprint density at radius 3 is 2.35 bits per heavy atom. The predicted molar refractivity (Wildman–Crippen MR) is 77.7 cm³/mol. The van der Waals surface area contributed by atoms with E-state index in [2.05, 4.69) is 0 Å². The van der Waals surface area contributed by atoms with E-state index in [1.807, 2.05) is 0 Å². The Kier molecular flexibility index (Phi) is 3.49. The third kappa shape index (κ3) is 2.40. The van der Waals surface area contributed by atoms with Crippen molar-refractivity contribution in [3.63, 3.8) is 0 Å². The molecule has 2 aromatic rings. The van der Waals surface area contributed by atoms with Gasteiger partial charge in [0.05, 0.1) is 5.92 Å². The minimum absolute atomic E-state index is 0.0578. The van der Waals surface area contributed by atoms with Gasteiger partial charge in [-0.05, 0) is 17.7 Å². The van der Waals surface area contributed by atoms with E-state index in [1.165, 1.54) is 24.3 Å². The van der Waals surface area contributed by atoms with Gasteiger partial charge in [0.1, 0.15) is 29.6 Å². The van der Waals surface area contributed by atoms with Crippen LogP contribution in [0.1, 0.15) is 23.1 Å². The molecular weight excluding hydrogens is 304 g/mol. The first-order valence-electron chi connectivity index (χ1n) is 6.80. The van der Waals surface area contributed by atoms with Crippen LogP contribution in [-0.4, -0.2) is 37.9 Å². The molecule has 2 aromatic carbocycles. The SMILES string of the molecule is O=CC1c2c(O)cc(O)cc2O[C@H](c2ccc(O)c(O)c2)[C@H]1O. The molecule has 7 nitrogen and oxygen atoms in total. The molecule has 5 N–H and O–H groups in total. The Morgan fingerprint density at radius 1 is 0.957 bits per heavy atom. The molecule has 0 aliphatic carbocycles. The van der Waals surface area contributed by atoms with E-state index in [9.17, 15) is 30.3 Å². The molecule has 3 rings (SSSR count). The number of hydrogen-bond acceptors (Lipinski definition) is 7. The molecule has 120 valence electrons. The van der Waals surface area contributed by atoms with Gasteiger partial charge in [-0.15, -0.1) is 0 Å². The van der Waals surface area contributed by atoms with Crippen LogP contribution in [0.3, 0.4) is 0 Å². The van der Waals surface area contributed by atoms with Crippen LogP contribution in [-0.2, 0) is 4.79 Å². The second kappa shape index (κ2) is 5.36. The summed E-state index contributed by atoms with van der Waals surface area (Å²) in [6, 6.07) is 6.14. The smallest absolute Gasteiger partial charge is 0.157 e. The molecule has 0 bridgehead atoms. The Bertz CT molecular complexity index is 771. The van der Waals surface area contributed by atoms with Crippen LogP contribution in [0.15, 0.2) is 30.3 Å². The summed E-state index contributed by atoms with van der Waals surface area (Å²) in [5.74, 6) is -2.35. The quantitative estimate of drug-likeness (QED) is 0.417. The number of aldehydes is 1. The van der Waals surface area contributed by atoms with Gasteiger partial charge in [0.2, 0.25) is 0 Å². The number of phenols is 4. The molecule has 23 heavy (non-hydrogen) atoms. The number of aliphatic hydroxyl groups is 1. The number of fused-ring (bicyclic) bond motifs is 1. The lowest BCUT2D eigenvalue weighted by Crippen LogP contribution is -2.35. The van der Waals surface area contributed by atoms with Crippen molar-refractivity contribution in [3.8, 4) is 28.7 Å². The van der Waals surface area contributed by atoms with Crippen LogP contribution in [0.4, 0.5) is 0 Å². The lowest BCUT2D eigenvalue weighted by molar-refractivity contribution is -0.114. The number of ether oxygens (including phenoxy) is 1. The van der Waals surface area contributed by atoms with Gasteiger partial charge in [-0.1, -0.05) is 6.07 Å². The number of aliphatic hydroxyl groups excluding tert-OH is 1. The summed E-state index contributed by atoms with van der Waals surface area (Å²) in [6.45, 7) is 0. The fourth-order valence-corrected chi connectivity index (χ4v) is 2.73. The Morgan fingerprint density at radius 2 is 1.70 bits per heavy atom. The van der Waals surface area contributed by atoms with Crippen molar-refractivity contribution in [2.45, 2.75) is 18.1 Å². The summed E-state index contributed by atoms with van der Waals surface area (Å²) in [4.78, 5) is 11.4. The van der Waals surface area contributed by atoms with Crippen molar-refractivity contribution in [1.29, 1.82) is 0 Å². The average Bonchev–Trinajstić information content (AvgIpc) is 2.50. The highest BCUT2D eigenvalue weighted by Crippen LogP contribution is 2.47. The van der Waals surface area contributed by atoms with E-state index in [1.54, 1.807) is 0 Å². The van der Waals surface area contributed by atoms with E-state index >= 15 is 0 Å². The highest BCUT2D eigenvalue weighted by molar-refractivity contribution is 5.70. The molecule has 7 heteroatoms. The normalized spacial score (nSPS) is 22.9. The van der Waals surface area contributed by atoms with Gasteiger partial charge in [0.25, 0.3) is 0 Å². The summed E-state index contributed by atoms with van der Waals surface area (Å²) in [6.07, 6.45) is -1.86. The fourth-order valence-electron chi connectivity index (χ4n) is 2.73. The molecule has 1 aliphatic heterocycles. The molecule has 1 heterocycles. The second-order valence-corrected chi connectivity index (χ2v) is 5.32. The Balaban J connectivity index is 2.10. The summed E-state index contributed by atoms with van der Waals surface area (Å²) in [5.41, 5.74) is 0.415. The molecule has 3 atom stereocenters. The number of rotatable bonds is 2. The van der Waals surface area contributed by atoms with Crippen molar-refractivity contribution in [3.05, 3.63) is 41.5 Å².